The maximum Gasteiger partial charge on any atom is 0.138 e. The molecule has 0 heterocycles. The van der Waals surface area contributed by atoms with E-state index in [1.54, 1.807) is 0 Å². The molecule has 112 valence electrons. The van der Waals surface area contributed by atoms with Gasteiger partial charge in [-0.2, -0.15) is 0 Å². The Morgan fingerprint density at radius 2 is 1.90 bits per heavy atom. The van der Waals surface area contributed by atoms with Crippen molar-refractivity contribution in [2.45, 2.75) is 20.4 Å². The van der Waals surface area contributed by atoms with Gasteiger partial charge in [0.25, 0.3) is 0 Å². The summed E-state index contributed by atoms with van der Waals surface area (Å²) in [7, 11) is 0. The lowest BCUT2D eigenvalue weighted by molar-refractivity contribution is 0.334. The van der Waals surface area contributed by atoms with Crippen molar-refractivity contribution in [1.29, 1.82) is 0 Å². The van der Waals surface area contributed by atoms with Crippen LogP contribution in [0.15, 0.2) is 39.3 Å². The third-order valence-corrected chi connectivity index (χ3v) is 3.95. The minimum atomic E-state index is -0.238. The lowest BCUT2D eigenvalue weighted by Crippen LogP contribution is -2.04. The van der Waals surface area contributed by atoms with Crippen molar-refractivity contribution in [3.05, 3.63) is 56.2 Å². The van der Waals surface area contributed by atoms with E-state index in [9.17, 15) is 4.39 Å². The van der Waals surface area contributed by atoms with Crippen molar-refractivity contribution in [1.82, 2.24) is 0 Å². The number of hydrogen-bond donors (Lipinski definition) is 1. The van der Waals surface area contributed by atoms with Crippen LogP contribution in [-0.2, 0) is 6.54 Å². The summed E-state index contributed by atoms with van der Waals surface area (Å²) >= 11 is 6.98. The summed E-state index contributed by atoms with van der Waals surface area (Å²) < 4.78 is 20.9. The van der Waals surface area contributed by atoms with Crippen LogP contribution in [-0.4, -0.2) is 6.61 Å². The predicted molar refractivity (Wildman–Crippen MR) is 91.5 cm³/mol. The normalized spacial score (nSPS) is 10.5. The van der Waals surface area contributed by atoms with Crippen LogP contribution in [0.4, 0.5) is 10.1 Å². The highest BCUT2D eigenvalue weighted by atomic mass is 79.9. The molecule has 1 N–H and O–H groups in total. The number of halogens is 3. The average Bonchev–Trinajstić information content (AvgIpc) is 2.38. The van der Waals surface area contributed by atoms with Crippen LogP contribution in [0.25, 0.3) is 0 Å². The van der Waals surface area contributed by atoms with E-state index >= 15 is 0 Å². The molecule has 0 bridgehead atoms. The maximum absolute atomic E-state index is 13.4. The Morgan fingerprint density at radius 3 is 2.57 bits per heavy atom. The van der Waals surface area contributed by atoms with E-state index in [1.165, 1.54) is 12.1 Å². The summed E-state index contributed by atoms with van der Waals surface area (Å²) in [6.45, 7) is 4.96. The van der Waals surface area contributed by atoms with Crippen molar-refractivity contribution in [2.75, 3.05) is 11.9 Å². The molecular formula is C16H16Br2FNO. The summed E-state index contributed by atoms with van der Waals surface area (Å²) in [4.78, 5) is 0. The molecule has 0 aliphatic rings. The average molecular weight is 417 g/mol. The molecule has 0 unspecified atom stereocenters. The van der Waals surface area contributed by atoms with Crippen molar-refractivity contribution in [3.8, 4) is 5.75 Å². The van der Waals surface area contributed by atoms with Crippen molar-refractivity contribution in [3.63, 3.8) is 0 Å². The molecular weight excluding hydrogens is 401 g/mol. The predicted octanol–water partition coefficient (Wildman–Crippen LogP) is 5.67. The molecule has 0 aliphatic heterocycles. The highest BCUT2D eigenvalue weighted by Crippen LogP contribution is 2.33. The fraction of sp³-hybridized carbons (Fsp3) is 0.250. The molecule has 0 radical (unpaired) electrons. The van der Waals surface area contributed by atoms with E-state index in [2.05, 4.69) is 37.2 Å². The van der Waals surface area contributed by atoms with Crippen LogP contribution in [0.2, 0.25) is 0 Å². The first-order valence-electron chi connectivity index (χ1n) is 6.61. The van der Waals surface area contributed by atoms with Crippen LogP contribution in [0, 0.1) is 12.7 Å². The zero-order valence-electron chi connectivity index (χ0n) is 11.8. The monoisotopic (exact) mass is 415 g/mol. The van der Waals surface area contributed by atoms with Gasteiger partial charge in [-0.15, -0.1) is 0 Å². The number of nitrogens with one attached hydrogen (secondary N) is 1. The number of benzene rings is 2. The van der Waals surface area contributed by atoms with Gasteiger partial charge in [-0.1, -0.05) is 15.9 Å². The van der Waals surface area contributed by atoms with Gasteiger partial charge in [-0.3, -0.25) is 0 Å². The van der Waals surface area contributed by atoms with Gasteiger partial charge < -0.3 is 10.1 Å². The molecule has 0 saturated heterocycles. The molecule has 0 atom stereocenters. The highest BCUT2D eigenvalue weighted by Gasteiger charge is 2.10. The van der Waals surface area contributed by atoms with Crippen LogP contribution in [0.3, 0.4) is 0 Å². The Kier molecular flexibility index (Phi) is 5.65. The van der Waals surface area contributed by atoms with E-state index < -0.39 is 0 Å². The third-order valence-electron chi connectivity index (χ3n) is 2.90. The zero-order chi connectivity index (χ0) is 15.4. The van der Waals surface area contributed by atoms with E-state index in [0.717, 1.165) is 31.5 Å². The van der Waals surface area contributed by atoms with Gasteiger partial charge in [0.15, 0.2) is 0 Å². The molecule has 0 saturated carbocycles. The Labute approximate surface area is 141 Å². The Bertz CT molecular complexity index is 626. The lowest BCUT2D eigenvalue weighted by atomic mass is 10.1. The van der Waals surface area contributed by atoms with Gasteiger partial charge in [0.1, 0.15) is 11.6 Å². The summed E-state index contributed by atoms with van der Waals surface area (Å²) in [5, 5.41) is 3.23. The van der Waals surface area contributed by atoms with Crippen molar-refractivity contribution in [2.24, 2.45) is 0 Å². The molecule has 2 aromatic carbocycles. The summed E-state index contributed by atoms with van der Waals surface area (Å²) in [5.41, 5.74) is 2.64. The minimum Gasteiger partial charge on any atom is -0.492 e. The van der Waals surface area contributed by atoms with Crippen LogP contribution < -0.4 is 10.1 Å². The second kappa shape index (κ2) is 7.27. The maximum atomic E-state index is 13.4. The second-order valence-corrected chi connectivity index (χ2v) is 6.45. The number of hydrogen-bond acceptors (Lipinski definition) is 2. The molecule has 5 heteroatoms. The first-order chi connectivity index (χ1) is 9.99. The van der Waals surface area contributed by atoms with Crippen LogP contribution in [0.5, 0.6) is 5.75 Å². The smallest absolute Gasteiger partial charge is 0.138 e. The largest absolute Gasteiger partial charge is 0.492 e. The van der Waals surface area contributed by atoms with Gasteiger partial charge in [0.2, 0.25) is 0 Å². The molecule has 0 aromatic heterocycles. The fourth-order valence-corrected chi connectivity index (χ4v) is 3.51. The molecule has 2 rings (SSSR count). The Balaban J connectivity index is 2.22. The van der Waals surface area contributed by atoms with Gasteiger partial charge >= 0.3 is 0 Å². The van der Waals surface area contributed by atoms with Gasteiger partial charge in [-0.25, -0.2) is 4.39 Å². The quantitative estimate of drug-likeness (QED) is 0.677. The van der Waals surface area contributed by atoms with Crippen LogP contribution >= 0.6 is 31.9 Å². The number of aryl methyl sites for hydroxylation is 1. The SMILES string of the molecule is CCOc1c(Br)cc(Br)cc1CNc1cc(C)cc(F)c1. The summed E-state index contributed by atoms with van der Waals surface area (Å²) in [6.07, 6.45) is 0. The van der Waals surface area contributed by atoms with E-state index in [1.807, 2.05) is 32.0 Å². The molecule has 21 heavy (non-hydrogen) atoms. The Hall–Kier alpha value is -1.07. The van der Waals surface area contributed by atoms with E-state index in [4.69, 9.17) is 4.74 Å². The first-order valence-corrected chi connectivity index (χ1v) is 8.20. The van der Waals surface area contributed by atoms with E-state index in [0.29, 0.717) is 13.2 Å². The molecule has 0 aliphatic carbocycles. The molecule has 2 aromatic rings. The van der Waals surface area contributed by atoms with Gasteiger partial charge in [0, 0.05) is 22.3 Å². The van der Waals surface area contributed by atoms with Crippen molar-refractivity contribution < 1.29 is 9.13 Å². The third kappa shape index (κ3) is 4.45. The number of ether oxygens (including phenoxy) is 1. The van der Waals surface area contributed by atoms with E-state index in [-0.39, 0.29) is 5.82 Å². The van der Waals surface area contributed by atoms with Gasteiger partial charge in [-0.05, 0) is 65.7 Å². The standard InChI is InChI=1S/C16H16Br2FNO/c1-3-21-16-11(6-12(17)7-15(16)18)9-20-14-5-10(2)4-13(19)8-14/h4-8,20H,3,9H2,1-2H3. The summed E-state index contributed by atoms with van der Waals surface area (Å²) in [6, 6.07) is 8.85. The highest BCUT2D eigenvalue weighted by molar-refractivity contribution is 9.11. The topological polar surface area (TPSA) is 21.3 Å². The van der Waals surface area contributed by atoms with Crippen LogP contribution in [0.1, 0.15) is 18.1 Å². The van der Waals surface area contributed by atoms with Crippen molar-refractivity contribution >= 4 is 37.5 Å². The molecule has 0 amide bonds. The second-order valence-electron chi connectivity index (χ2n) is 4.68. The zero-order valence-corrected chi connectivity index (χ0v) is 15.0. The first kappa shape index (κ1) is 16.3. The number of rotatable bonds is 5. The minimum absolute atomic E-state index is 0.238. The molecule has 0 fully saturated rings. The molecule has 0 spiro atoms. The Morgan fingerprint density at radius 1 is 1.14 bits per heavy atom. The fourth-order valence-electron chi connectivity index (χ4n) is 2.09. The van der Waals surface area contributed by atoms with Gasteiger partial charge in [0.05, 0.1) is 11.1 Å². The summed E-state index contributed by atoms with van der Waals surface area (Å²) in [5.74, 6) is 0.569. The number of anilines is 1. The lowest BCUT2D eigenvalue weighted by Gasteiger charge is -2.14. The molecule has 2 nitrogen and oxygen atoms in total.